The summed E-state index contributed by atoms with van der Waals surface area (Å²) in [5.74, 6) is 1.58. The van der Waals surface area contributed by atoms with Crippen LogP contribution in [0.5, 0.6) is 17.4 Å². The standard InChI is InChI=1S/C17H21N3O4/c1-12(9-11-21)19-17(22)20-15-4-3-10-18-16(15)24-14-7-5-13(23-2)6-8-14/h3-8,10,12,21H,9,11H2,1-2H3,(H2,19,20,22). The quantitative estimate of drug-likeness (QED) is 0.725. The number of amides is 2. The molecule has 1 aromatic heterocycles. The summed E-state index contributed by atoms with van der Waals surface area (Å²) in [5, 5.41) is 14.3. The average Bonchev–Trinajstić information content (AvgIpc) is 2.57. The highest BCUT2D eigenvalue weighted by atomic mass is 16.5. The van der Waals surface area contributed by atoms with Gasteiger partial charge in [-0.25, -0.2) is 9.78 Å². The van der Waals surface area contributed by atoms with Gasteiger partial charge >= 0.3 is 6.03 Å². The minimum atomic E-state index is -0.386. The first-order valence-electron chi connectivity index (χ1n) is 7.57. The number of pyridine rings is 1. The van der Waals surface area contributed by atoms with Crippen LogP contribution in [0.3, 0.4) is 0 Å². The van der Waals surface area contributed by atoms with Gasteiger partial charge in [-0.2, -0.15) is 0 Å². The molecule has 1 aromatic carbocycles. The Hall–Kier alpha value is -2.80. The molecule has 0 saturated heterocycles. The van der Waals surface area contributed by atoms with Crippen LogP contribution in [0.25, 0.3) is 0 Å². The first kappa shape index (κ1) is 17.6. The van der Waals surface area contributed by atoms with Crippen LogP contribution in [0.15, 0.2) is 42.6 Å². The summed E-state index contributed by atoms with van der Waals surface area (Å²) in [6.45, 7) is 1.83. The Morgan fingerprint density at radius 2 is 1.96 bits per heavy atom. The van der Waals surface area contributed by atoms with Crippen LogP contribution in [0.1, 0.15) is 13.3 Å². The SMILES string of the molecule is COc1ccc(Oc2ncccc2NC(=O)NC(C)CCO)cc1. The van der Waals surface area contributed by atoms with Gasteiger partial charge in [0, 0.05) is 18.8 Å². The van der Waals surface area contributed by atoms with Gasteiger partial charge in [-0.05, 0) is 49.7 Å². The minimum absolute atomic E-state index is 0.0141. The molecule has 0 bridgehead atoms. The highest BCUT2D eigenvalue weighted by Crippen LogP contribution is 2.27. The number of anilines is 1. The van der Waals surface area contributed by atoms with Gasteiger partial charge < -0.3 is 25.2 Å². The van der Waals surface area contributed by atoms with E-state index in [-0.39, 0.29) is 24.6 Å². The number of rotatable bonds is 7. The zero-order valence-corrected chi connectivity index (χ0v) is 13.7. The van der Waals surface area contributed by atoms with Crippen LogP contribution in [0, 0.1) is 0 Å². The Kier molecular flexibility index (Phi) is 6.39. The fraction of sp³-hybridized carbons (Fsp3) is 0.294. The molecule has 0 fully saturated rings. The molecule has 2 amide bonds. The molecule has 1 unspecified atom stereocenters. The van der Waals surface area contributed by atoms with E-state index in [9.17, 15) is 4.79 Å². The normalized spacial score (nSPS) is 11.5. The first-order chi connectivity index (χ1) is 11.6. The lowest BCUT2D eigenvalue weighted by Crippen LogP contribution is -2.36. The van der Waals surface area contributed by atoms with Crippen molar-refractivity contribution in [1.82, 2.24) is 10.3 Å². The molecule has 128 valence electrons. The molecule has 2 aromatic rings. The molecule has 1 heterocycles. The Balaban J connectivity index is 2.05. The second-order valence-corrected chi connectivity index (χ2v) is 5.15. The topological polar surface area (TPSA) is 92.7 Å². The molecule has 7 nitrogen and oxygen atoms in total. The van der Waals surface area contributed by atoms with Gasteiger partial charge in [0.05, 0.1) is 7.11 Å². The number of carbonyl (C=O) groups excluding carboxylic acids is 1. The number of aromatic nitrogens is 1. The van der Waals surface area contributed by atoms with E-state index < -0.39 is 0 Å². The fourth-order valence-electron chi connectivity index (χ4n) is 1.97. The monoisotopic (exact) mass is 331 g/mol. The summed E-state index contributed by atoms with van der Waals surface area (Å²) in [6, 6.07) is 9.92. The van der Waals surface area contributed by atoms with Crippen LogP contribution >= 0.6 is 0 Å². The number of hydrogen-bond acceptors (Lipinski definition) is 5. The van der Waals surface area contributed by atoms with E-state index in [4.69, 9.17) is 14.6 Å². The molecule has 0 radical (unpaired) electrons. The number of ether oxygens (including phenoxy) is 2. The summed E-state index contributed by atoms with van der Waals surface area (Å²) >= 11 is 0. The molecule has 0 aliphatic carbocycles. The summed E-state index contributed by atoms with van der Waals surface area (Å²) in [5.41, 5.74) is 0.446. The maximum atomic E-state index is 12.0. The molecule has 1 atom stereocenters. The smallest absolute Gasteiger partial charge is 0.319 e. The van der Waals surface area contributed by atoms with Gasteiger partial charge in [0.2, 0.25) is 5.88 Å². The maximum Gasteiger partial charge on any atom is 0.319 e. The number of aliphatic hydroxyl groups excluding tert-OH is 1. The Bertz CT molecular complexity index is 661. The number of benzene rings is 1. The molecule has 2 rings (SSSR count). The molecule has 0 aliphatic heterocycles. The first-order valence-corrected chi connectivity index (χ1v) is 7.57. The van der Waals surface area contributed by atoms with E-state index in [2.05, 4.69) is 15.6 Å². The third-order valence-corrected chi connectivity index (χ3v) is 3.23. The maximum absolute atomic E-state index is 12.0. The van der Waals surface area contributed by atoms with Crippen molar-refractivity contribution < 1.29 is 19.4 Å². The van der Waals surface area contributed by atoms with Gasteiger partial charge in [-0.15, -0.1) is 0 Å². The third-order valence-electron chi connectivity index (χ3n) is 3.23. The second kappa shape index (κ2) is 8.73. The Morgan fingerprint density at radius 3 is 2.62 bits per heavy atom. The van der Waals surface area contributed by atoms with E-state index in [0.29, 0.717) is 17.9 Å². The summed E-state index contributed by atoms with van der Waals surface area (Å²) < 4.78 is 10.8. The third kappa shape index (κ3) is 5.13. The molecular formula is C17H21N3O4. The van der Waals surface area contributed by atoms with E-state index in [1.807, 2.05) is 6.92 Å². The summed E-state index contributed by atoms with van der Waals surface area (Å²) in [7, 11) is 1.59. The average molecular weight is 331 g/mol. The van der Waals surface area contributed by atoms with Crippen molar-refractivity contribution in [3.8, 4) is 17.4 Å². The number of methoxy groups -OCH3 is 1. The van der Waals surface area contributed by atoms with Crippen LogP contribution < -0.4 is 20.1 Å². The molecule has 24 heavy (non-hydrogen) atoms. The summed E-state index contributed by atoms with van der Waals surface area (Å²) in [6.07, 6.45) is 2.06. The van der Waals surface area contributed by atoms with Crippen LogP contribution in [0.2, 0.25) is 0 Å². The lowest BCUT2D eigenvalue weighted by molar-refractivity contribution is 0.241. The van der Waals surface area contributed by atoms with Crippen LogP contribution in [0.4, 0.5) is 10.5 Å². The number of hydrogen-bond donors (Lipinski definition) is 3. The number of nitrogens with one attached hydrogen (secondary N) is 2. The predicted molar refractivity (Wildman–Crippen MR) is 90.6 cm³/mol. The second-order valence-electron chi connectivity index (χ2n) is 5.15. The molecule has 0 aliphatic rings. The van der Waals surface area contributed by atoms with Gasteiger partial charge in [0.1, 0.15) is 17.2 Å². The number of aliphatic hydroxyl groups is 1. The molecule has 3 N–H and O–H groups in total. The largest absolute Gasteiger partial charge is 0.497 e. The summed E-state index contributed by atoms with van der Waals surface area (Å²) in [4.78, 5) is 16.1. The minimum Gasteiger partial charge on any atom is -0.497 e. The van der Waals surface area contributed by atoms with Crippen molar-refractivity contribution in [2.75, 3.05) is 19.0 Å². The highest BCUT2D eigenvalue weighted by Gasteiger charge is 2.11. The van der Waals surface area contributed by atoms with Gasteiger partial charge in [0.25, 0.3) is 0 Å². The van der Waals surface area contributed by atoms with Crippen molar-refractivity contribution in [3.05, 3.63) is 42.6 Å². The van der Waals surface area contributed by atoms with E-state index in [1.165, 1.54) is 0 Å². The van der Waals surface area contributed by atoms with Crippen LogP contribution in [-0.4, -0.2) is 35.9 Å². The lowest BCUT2D eigenvalue weighted by atomic mass is 10.2. The Morgan fingerprint density at radius 1 is 1.25 bits per heavy atom. The van der Waals surface area contributed by atoms with Crippen molar-refractivity contribution in [3.63, 3.8) is 0 Å². The van der Waals surface area contributed by atoms with Gasteiger partial charge in [-0.3, -0.25) is 0 Å². The fourth-order valence-corrected chi connectivity index (χ4v) is 1.97. The predicted octanol–water partition coefficient (Wildman–Crippen LogP) is 2.77. The van der Waals surface area contributed by atoms with E-state index in [0.717, 1.165) is 5.75 Å². The number of carbonyl (C=O) groups is 1. The van der Waals surface area contributed by atoms with Crippen molar-refractivity contribution >= 4 is 11.7 Å². The number of urea groups is 1. The van der Waals surface area contributed by atoms with Crippen molar-refractivity contribution in [1.29, 1.82) is 0 Å². The zero-order valence-electron chi connectivity index (χ0n) is 13.7. The molecular weight excluding hydrogens is 310 g/mol. The number of nitrogens with zero attached hydrogens (tertiary/aromatic N) is 1. The van der Waals surface area contributed by atoms with E-state index >= 15 is 0 Å². The molecule has 7 heteroatoms. The van der Waals surface area contributed by atoms with Crippen LogP contribution in [-0.2, 0) is 0 Å². The zero-order chi connectivity index (χ0) is 17.4. The molecule has 0 saturated carbocycles. The highest BCUT2D eigenvalue weighted by molar-refractivity contribution is 5.90. The van der Waals surface area contributed by atoms with Gasteiger partial charge in [-0.1, -0.05) is 0 Å². The molecule has 0 spiro atoms. The lowest BCUT2D eigenvalue weighted by Gasteiger charge is -2.15. The van der Waals surface area contributed by atoms with E-state index in [1.54, 1.807) is 49.7 Å². The van der Waals surface area contributed by atoms with Crippen molar-refractivity contribution in [2.24, 2.45) is 0 Å². The van der Waals surface area contributed by atoms with Crippen molar-refractivity contribution in [2.45, 2.75) is 19.4 Å². The Labute approximate surface area is 140 Å². The van der Waals surface area contributed by atoms with Gasteiger partial charge in [0.15, 0.2) is 0 Å².